The molecule has 128 valence electrons. The van der Waals surface area contributed by atoms with Crippen LogP contribution >= 0.6 is 0 Å². The Bertz CT molecular complexity index is 881. The van der Waals surface area contributed by atoms with Crippen molar-refractivity contribution >= 4 is 16.9 Å². The average Bonchev–Trinajstić information content (AvgIpc) is 3.00. The molecule has 0 spiro atoms. The van der Waals surface area contributed by atoms with Crippen molar-refractivity contribution in [1.82, 2.24) is 5.32 Å². The Morgan fingerprint density at radius 1 is 1.24 bits per heavy atom. The second kappa shape index (κ2) is 7.71. The molecule has 4 nitrogen and oxygen atoms in total. The van der Waals surface area contributed by atoms with Gasteiger partial charge in [0.25, 0.3) is 0 Å². The van der Waals surface area contributed by atoms with Gasteiger partial charge in [-0.1, -0.05) is 36.4 Å². The van der Waals surface area contributed by atoms with E-state index < -0.39 is 0 Å². The quantitative estimate of drug-likeness (QED) is 0.653. The molecule has 1 amide bonds. The van der Waals surface area contributed by atoms with Gasteiger partial charge in [-0.05, 0) is 24.6 Å². The van der Waals surface area contributed by atoms with Crippen molar-refractivity contribution in [3.05, 3.63) is 66.7 Å². The molecular formula is C21H21NO3. The van der Waals surface area contributed by atoms with E-state index in [4.69, 9.17) is 9.15 Å². The van der Waals surface area contributed by atoms with Gasteiger partial charge < -0.3 is 14.5 Å². The normalized spacial score (nSPS) is 10.6. The van der Waals surface area contributed by atoms with Gasteiger partial charge in [0, 0.05) is 29.5 Å². The van der Waals surface area contributed by atoms with Gasteiger partial charge in [0.05, 0.1) is 7.11 Å². The van der Waals surface area contributed by atoms with Gasteiger partial charge in [-0.15, -0.1) is 6.58 Å². The van der Waals surface area contributed by atoms with Crippen LogP contribution in [0.3, 0.4) is 0 Å². The highest BCUT2D eigenvalue weighted by atomic mass is 16.5. The number of nitrogens with one attached hydrogen (secondary N) is 1. The molecular weight excluding hydrogens is 314 g/mol. The first-order valence-electron chi connectivity index (χ1n) is 8.25. The Kier molecular flexibility index (Phi) is 5.19. The molecule has 0 saturated carbocycles. The van der Waals surface area contributed by atoms with Crippen molar-refractivity contribution in [2.45, 2.75) is 12.8 Å². The first-order valence-corrected chi connectivity index (χ1v) is 8.25. The summed E-state index contributed by atoms with van der Waals surface area (Å²) < 4.78 is 11.4. The molecule has 0 aliphatic heterocycles. The number of benzene rings is 2. The summed E-state index contributed by atoms with van der Waals surface area (Å²) in [4.78, 5) is 11.7. The smallest absolute Gasteiger partial charge is 0.223 e. The number of ether oxygens (including phenoxy) is 1. The fourth-order valence-electron chi connectivity index (χ4n) is 2.86. The molecule has 0 atom stereocenters. The maximum absolute atomic E-state index is 11.7. The van der Waals surface area contributed by atoms with Gasteiger partial charge in [-0.2, -0.15) is 0 Å². The topological polar surface area (TPSA) is 51.5 Å². The fourth-order valence-corrected chi connectivity index (χ4v) is 2.86. The maximum Gasteiger partial charge on any atom is 0.223 e. The minimum absolute atomic E-state index is 0.0263. The zero-order valence-electron chi connectivity index (χ0n) is 14.2. The predicted molar refractivity (Wildman–Crippen MR) is 99.7 cm³/mol. The summed E-state index contributed by atoms with van der Waals surface area (Å²) in [6, 6.07) is 15.8. The second-order valence-electron chi connectivity index (χ2n) is 5.73. The van der Waals surface area contributed by atoms with Crippen LogP contribution < -0.4 is 10.1 Å². The Balaban J connectivity index is 1.97. The van der Waals surface area contributed by atoms with Gasteiger partial charge in [0.2, 0.25) is 5.91 Å². The number of rotatable bonds is 7. The summed E-state index contributed by atoms with van der Waals surface area (Å²) in [5.74, 6) is 1.59. The Hall–Kier alpha value is -3.01. The Labute approximate surface area is 147 Å². The molecule has 0 aliphatic carbocycles. The summed E-state index contributed by atoms with van der Waals surface area (Å²) >= 11 is 0. The van der Waals surface area contributed by atoms with Gasteiger partial charge in [-0.25, -0.2) is 0 Å². The number of furan rings is 1. The van der Waals surface area contributed by atoms with Gasteiger partial charge in [0.1, 0.15) is 17.1 Å². The number of carbonyl (C=O) groups is 1. The van der Waals surface area contributed by atoms with E-state index in [2.05, 4.69) is 11.9 Å². The van der Waals surface area contributed by atoms with Gasteiger partial charge in [-0.3, -0.25) is 4.79 Å². The number of carbonyl (C=O) groups excluding carboxylic acids is 1. The number of amides is 1. The number of methoxy groups -OCH3 is 1. The minimum atomic E-state index is -0.0263. The molecule has 3 rings (SSSR count). The molecule has 1 N–H and O–H groups in total. The third kappa shape index (κ3) is 3.74. The lowest BCUT2D eigenvalue weighted by atomic mass is 10.0. The molecule has 25 heavy (non-hydrogen) atoms. The van der Waals surface area contributed by atoms with E-state index in [1.807, 2.05) is 48.5 Å². The summed E-state index contributed by atoms with van der Waals surface area (Å²) in [7, 11) is 1.65. The molecule has 0 fully saturated rings. The van der Waals surface area contributed by atoms with E-state index in [1.54, 1.807) is 13.2 Å². The van der Waals surface area contributed by atoms with Crippen molar-refractivity contribution in [3.63, 3.8) is 0 Å². The third-order valence-corrected chi connectivity index (χ3v) is 4.06. The molecule has 0 unspecified atom stereocenters. The Morgan fingerprint density at radius 2 is 2.04 bits per heavy atom. The van der Waals surface area contributed by atoms with Crippen molar-refractivity contribution in [3.8, 4) is 17.1 Å². The third-order valence-electron chi connectivity index (χ3n) is 4.06. The van der Waals surface area contributed by atoms with E-state index in [0.717, 1.165) is 33.6 Å². The highest BCUT2D eigenvalue weighted by Gasteiger charge is 2.16. The lowest BCUT2D eigenvalue weighted by molar-refractivity contribution is -0.120. The van der Waals surface area contributed by atoms with E-state index in [0.29, 0.717) is 19.4 Å². The van der Waals surface area contributed by atoms with Crippen molar-refractivity contribution in [2.75, 3.05) is 13.7 Å². The van der Waals surface area contributed by atoms with Crippen LogP contribution in [-0.4, -0.2) is 19.6 Å². The SMILES string of the molecule is C=CCC(=O)NCCc1c(-c2ccccc2)oc2ccc(OC)cc12. The van der Waals surface area contributed by atoms with Gasteiger partial charge >= 0.3 is 0 Å². The standard InChI is InChI=1S/C21H21NO3/c1-3-7-20(23)22-13-12-17-18-14-16(24-2)10-11-19(18)25-21(17)15-8-5-4-6-9-15/h3-6,8-11,14H,1,7,12-13H2,2H3,(H,22,23). The Morgan fingerprint density at radius 3 is 2.76 bits per heavy atom. The maximum atomic E-state index is 11.7. The van der Waals surface area contributed by atoms with Crippen LogP contribution in [0.1, 0.15) is 12.0 Å². The summed E-state index contributed by atoms with van der Waals surface area (Å²) in [6.45, 7) is 4.12. The van der Waals surface area contributed by atoms with Crippen LogP contribution in [0.2, 0.25) is 0 Å². The highest BCUT2D eigenvalue weighted by Crippen LogP contribution is 2.35. The first kappa shape index (κ1) is 16.8. The average molecular weight is 335 g/mol. The van der Waals surface area contributed by atoms with Crippen LogP contribution in [0.15, 0.2) is 65.6 Å². The number of hydrogen-bond acceptors (Lipinski definition) is 3. The molecule has 0 radical (unpaired) electrons. The zero-order valence-corrected chi connectivity index (χ0v) is 14.2. The minimum Gasteiger partial charge on any atom is -0.497 e. The summed E-state index contributed by atoms with van der Waals surface area (Å²) in [5.41, 5.74) is 2.90. The first-order chi connectivity index (χ1) is 12.2. The summed E-state index contributed by atoms with van der Waals surface area (Å²) in [5, 5.41) is 3.92. The zero-order chi connectivity index (χ0) is 17.6. The molecule has 0 saturated heterocycles. The summed E-state index contributed by atoms with van der Waals surface area (Å²) in [6.07, 6.45) is 2.60. The van der Waals surface area contributed by atoms with E-state index in [9.17, 15) is 4.79 Å². The van der Waals surface area contributed by atoms with Crippen LogP contribution in [0, 0.1) is 0 Å². The fraction of sp³-hybridized carbons (Fsp3) is 0.190. The van der Waals surface area contributed by atoms with Crippen molar-refractivity contribution < 1.29 is 13.9 Å². The van der Waals surface area contributed by atoms with Gasteiger partial charge in [0.15, 0.2) is 0 Å². The molecule has 0 aliphatic rings. The monoisotopic (exact) mass is 335 g/mol. The van der Waals surface area contributed by atoms with E-state index >= 15 is 0 Å². The lowest BCUT2D eigenvalue weighted by Crippen LogP contribution is -2.24. The predicted octanol–water partition coefficient (Wildman–Crippen LogP) is 4.34. The van der Waals surface area contributed by atoms with Crippen molar-refractivity contribution in [2.24, 2.45) is 0 Å². The molecule has 0 bridgehead atoms. The lowest BCUT2D eigenvalue weighted by Gasteiger charge is -2.06. The van der Waals surface area contributed by atoms with Crippen LogP contribution in [0.4, 0.5) is 0 Å². The van der Waals surface area contributed by atoms with Crippen LogP contribution in [0.25, 0.3) is 22.3 Å². The molecule has 3 aromatic rings. The van der Waals surface area contributed by atoms with E-state index in [1.165, 1.54) is 0 Å². The number of hydrogen-bond donors (Lipinski definition) is 1. The van der Waals surface area contributed by atoms with E-state index in [-0.39, 0.29) is 5.91 Å². The largest absolute Gasteiger partial charge is 0.497 e. The molecule has 1 heterocycles. The molecule has 4 heteroatoms. The van der Waals surface area contributed by atoms with Crippen molar-refractivity contribution in [1.29, 1.82) is 0 Å². The van der Waals surface area contributed by atoms with Crippen LogP contribution in [-0.2, 0) is 11.2 Å². The second-order valence-corrected chi connectivity index (χ2v) is 5.73. The highest BCUT2D eigenvalue weighted by molar-refractivity contribution is 5.89. The molecule has 2 aromatic carbocycles. The molecule has 1 aromatic heterocycles. The number of fused-ring (bicyclic) bond motifs is 1. The van der Waals surface area contributed by atoms with Crippen LogP contribution in [0.5, 0.6) is 5.75 Å².